The second kappa shape index (κ2) is 5.68. The number of nitrogens with zero attached hydrogens (tertiary/aromatic N) is 2. The van der Waals surface area contributed by atoms with Crippen molar-refractivity contribution in [2.75, 3.05) is 19.6 Å². The summed E-state index contributed by atoms with van der Waals surface area (Å²) in [6, 6.07) is 0.447. The van der Waals surface area contributed by atoms with Gasteiger partial charge in [0.25, 0.3) is 0 Å². The van der Waals surface area contributed by atoms with Crippen LogP contribution in [0.2, 0.25) is 0 Å². The van der Waals surface area contributed by atoms with Gasteiger partial charge in [-0.1, -0.05) is 13.8 Å². The zero-order valence-electron chi connectivity index (χ0n) is 12.0. The molecule has 0 amide bonds. The van der Waals surface area contributed by atoms with E-state index in [0.29, 0.717) is 11.6 Å². The van der Waals surface area contributed by atoms with E-state index in [2.05, 4.69) is 48.3 Å². The van der Waals surface area contributed by atoms with Gasteiger partial charge in [0.2, 0.25) is 0 Å². The summed E-state index contributed by atoms with van der Waals surface area (Å²) in [6.07, 6.45) is 2.40. The van der Waals surface area contributed by atoms with Crippen molar-refractivity contribution in [3.63, 3.8) is 0 Å². The van der Waals surface area contributed by atoms with Crippen LogP contribution in [0.1, 0.15) is 50.4 Å². The van der Waals surface area contributed by atoms with Gasteiger partial charge in [0.1, 0.15) is 5.01 Å². The number of aryl methyl sites for hydroxylation is 1. The monoisotopic (exact) mass is 267 g/mol. The van der Waals surface area contributed by atoms with Gasteiger partial charge in [-0.2, -0.15) is 0 Å². The van der Waals surface area contributed by atoms with E-state index in [1.807, 2.05) is 0 Å². The molecule has 1 aromatic rings. The van der Waals surface area contributed by atoms with E-state index in [1.165, 1.54) is 17.8 Å². The summed E-state index contributed by atoms with van der Waals surface area (Å²) in [5.41, 5.74) is 1.45. The molecule has 102 valence electrons. The van der Waals surface area contributed by atoms with Gasteiger partial charge in [-0.3, -0.25) is 4.90 Å². The topological polar surface area (TPSA) is 28.2 Å². The van der Waals surface area contributed by atoms with Crippen molar-refractivity contribution < 1.29 is 0 Å². The predicted octanol–water partition coefficient (Wildman–Crippen LogP) is 2.98. The molecule has 1 aliphatic rings. The summed E-state index contributed by atoms with van der Waals surface area (Å²) in [5, 5.41) is 7.13. The summed E-state index contributed by atoms with van der Waals surface area (Å²) in [6.45, 7) is 12.3. The Morgan fingerprint density at radius 1 is 1.50 bits per heavy atom. The molecular weight excluding hydrogens is 242 g/mol. The maximum atomic E-state index is 4.64. The Bertz CT molecular complexity index is 384. The zero-order chi connectivity index (χ0) is 13.2. The van der Waals surface area contributed by atoms with Crippen LogP contribution in [0.25, 0.3) is 0 Å². The van der Waals surface area contributed by atoms with Crippen LogP contribution in [-0.2, 0) is 0 Å². The molecule has 18 heavy (non-hydrogen) atoms. The molecule has 4 heteroatoms. The number of nitrogens with one attached hydrogen (secondary N) is 1. The Balaban J connectivity index is 2.09. The first-order chi connectivity index (χ1) is 8.60. The van der Waals surface area contributed by atoms with Crippen molar-refractivity contribution in [1.82, 2.24) is 15.2 Å². The highest BCUT2D eigenvalue weighted by Crippen LogP contribution is 2.28. The van der Waals surface area contributed by atoms with Gasteiger partial charge in [0, 0.05) is 36.2 Å². The Kier molecular flexibility index (Phi) is 4.41. The SMILES string of the molecule is CCC1(CC)CN(C(C)c2nc(C)cs2)CCN1. The lowest BCUT2D eigenvalue weighted by molar-refractivity contribution is 0.0918. The number of thiazole rings is 1. The highest BCUT2D eigenvalue weighted by Gasteiger charge is 2.34. The molecule has 0 saturated carbocycles. The Morgan fingerprint density at radius 3 is 2.78 bits per heavy atom. The molecule has 0 bridgehead atoms. The molecule has 1 saturated heterocycles. The first kappa shape index (κ1) is 14.0. The highest BCUT2D eigenvalue weighted by atomic mass is 32.1. The number of hydrogen-bond acceptors (Lipinski definition) is 4. The largest absolute Gasteiger partial charge is 0.309 e. The second-order valence-corrected chi connectivity index (χ2v) is 6.28. The van der Waals surface area contributed by atoms with Gasteiger partial charge in [-0.05, 0) is 26.7 Å². The zero-order valence-corrected chi connectivity index (χ0v) is 12.8. The van der Waals surface area contributed by atoms with Crippen LogP contribution < -0.4 is 5.32 Å². The molecule has 0 radical (unpaired) electrons. The van der Waals surface area contributed by atoms with Crippen molar-refractivity contribution in [3.8, 4) is 0 Å². The Hall–Kier alpha value is -0.450. The molecule has 1 unspecified atom stereocenters. The quantitative estimate of drug-likeness (QED) is 0.909. The predicted molar refractivity (Wildman–Crippen MR) is 78.2 cm³/mol. The lowest BCUT2D eigenvalue weighted by atomic mass is 9.89. The average Bonchev–Trinajstić information content (AvgIpc) is 2.84. The van der Waals surface area contributed by atoms with Crippen LogP contribution in [0.15, 0.2) is 5.38 Å². The highest BCUT2D eigenvalue weighted by molar-refractivity contribution is 7.09. The van der Waals surface area contributed by atoms with E-state index in [0.717, 1.165) is 25.3 Å². The minimum absolute atomic E-state index is 0.304. The molecule has 0 aliphatic carbocycles. The summed E-state index contributed by atoms with van der Waals surface area (Å²) in [4.78, 5) is 7.23. The van der Waals surface area contributed by atoms with E-state index in [9.17, 15) is 0 Å². The van der Waals surface area contributed by atoms with Crippen molar-refractivity contribution >= 4 is 11.3 Å². The van der Waals surface area contributed by atoms with Crippen LogP contribution in [0.4, 0.5) is 0 Å². The lowest BCUT2D eigenvalue weighted by Gasteiger charge is -2.45. The summed E-state index contributed by atoms with van der Waals surface area (Å²) >= 11 is 1.79. The molecule has 1 atom stereocenters. The molecule has 1 aromatic heterocycles. The van der Waals surface area contributed by atoms with Crippen molar-refractivity contribution in [3.05, 3.63) is 16.1 Å². The molecule has 1 fully saturated rings. The number of hydrogen-bond donors (Lipinski definition) is 1. The average molecular weight is 267 g/mol. The van der Waals surface area contributed by atoms with Crippen molar-refractivity contribution in [2.45, 2.75) is 52.1 Å². The number of rotatable bonds is 4. The molecule has 0 aromatic carbocycles. The minimum Gasteiger partial charge on any atom is -0.309 e. The molecule has 0 spiro atoms. The maximum Gasteiger partial charge on any atom is 0.110 e. The van der Waals surface area contributed by atoms with Crippen LogP contribution in [0.3, 0.4) is 0 Å². The molecule has 2 heterocycles. The van der Waals surface area contributed by atoms with Gasteiger partial charge < -0.3 is 5.32 Å². The normalized spacial score (nSPS) is 22.0. The Morgan fingerprint density at radius 2 is 2.22 bits per heavy atom. The van der Waals surface area contributed by atoms with Gasteiger partial charge in [-0.25, -0.2) is 4.98 Å². The number of piperazine rings is 1. The van der Waals surface area contributed by atoms with E-state index in [-0.39, 0.29) is 0 Å². The van der Waals surface area contributed by atoms with E-state index < -0.39 is 0 Å². The van der Waals surface area contributed by atoms with E-state index in [4.69, 9.17) is 0 Å². The van der Waals surface area contributed by atoms with Gasteiger partial charge in [0.15, 0.2) is 0 Å². The molecule has 3 nitrogen and oxygen atoms in total. The van der Waals surface area contributed by atoms with Crippen LogP contribution in [0, 0.1) is 6.92 Å². The summed E-state index contributed by atoms with van der Waals surface area (Å²) in [5.74, 6) is 0. The minimum atomic E-state index is 0.304. The Labute approximate surface area is 115 Å². The third-order valence-corrected chi connectivity index (χ3v) is 5.43. The molecule has 2 rings (SSSR count). The second-order valence-electron chi connectivity index (χ2n) is 5.39. The summed E-state index contributed by atoms with van der Waals surface area (Å²) in [7, 11) is 0. The molecular formula is C14H25N3S. The summed E-state index contributed by atoms with van der Waals surface area (Å²) < 4.78 is 0. The van der Waals surface area contributed by atoms with Gasteiger partial charge in [-0.15, -0.1) is 11.3 Å². The van der Waals surface area contributed by atoms with Gasteiger partial charge >= 0.3 is 0 Å². The fourth-order valence-electron chi connectivity index (χ4n) is 2.76. The number of aromatic nitrogens is 1. The first-order valence-corrected chi connectivity index (χ1v) is 7.89. The smallest absolute Gasteiger partial charge is 0.110 e. The standard InChI is InChI=1S/C14H25N3S/c1-5-14(6-2)10-17(8-7-15-14)12(4)13-16-11(3)9-18-13/h9,12,15H,5-8,10H2,1-4H3. The fraction of sp³-hybridized carbons (Fsp3) is 0.786. The molecule has 1 aliphatic heterocycles. The third kappa shape index (κ3) is 2.76. The van der Waals surface area contributed by atoms with Crippen LogP contribution in [-0.4, -0.2) is 35.1 Å². The maximum absolute atomic E-state index is 4.64. The molecule has 1 N–H and O–H groups in total. The first-order valence-electron chi connectivity index (χ1n) is 7.01. The third-order valence-electron chi connectivity index (χ3n) is 4.30. The van der Waals surface area contributed by atoms with Crippen LogP contribution in [0.5, 0.6) is 0 Å². The van der Waals surface area contributed by atoms with E-state index >= 15 is 0 Å². The van der Waals surface area contributed by atoms with Crippen molar-refractivity contribution in [1.29, 1.82) is 0 Å². The van der Waals surface area contributed by atoms with E-state index in [1.54, 1.807) is 11.3 Å². The lowest BCUT2D eigenvalue weighted by Crippen LogP contribution is -2.60. The van der Waals surface area contributed by atoms with Gasteiger partial charge in [0.05, 0.1) is 6.04 Å². The fourth-order valence-corrected chi connectivity index (χ4v) is 3.65. The van der Waals surface area contributed by atoms with Crippen molar-refractivity contribution in [2.24, 2.45) is 0 Å². The van der Waals surface area contributed by atoms with Crippen LogP contribution >= 0.6 is 11.3 Å².